The third-order valence-electron chi connectivity index (χ3n) is 5.45. The summed E-state index contributed by atoms with van der Waals surface area (Å²) in [7, 11) is 0. The summed E-state index contributed by atoms with van der Waals surface area (Å²) in [6.45, 7) is 4.72. The van der Waals surface area contributed by atoms with Gasteiger partial charge in [0.05, 0.1) is 0 Å². The summed E-state index contributed by atoms with van der Waals surface area (Å²) in [4.78, 5) is 0. The van der Waals surface area contributed by atoms with Gasteiger partial charge in [0.2, 0.25) is 0 Å². The van der Waals surface area contributed by atoms with Crippen molar-refractivity contribution in [3.63, 3.8) is 0 Å². The highest BCUT2D eigenvalue weighted by molar-refractivity contribution is 5.29. The van der Waals surface area contributed by atoms with E-state index in [4.69, 9.17) is 0 Å². The van der Waals surface area contributed by atoms with Gasteiger partial charge in [0, 0.05) is 17.7 Å². The molecule has 1 aromatic carbocycles. The Morgan fingerprint density at radius 1 is 1.19 bits per heavy atom. The zero-order valence-corrected chi connectivity index (χ0v) is 13.0. The van der Waals surface area contributed by atoms with Gasteiger partial charge in [-0.2, -0.15) is 0 Å². The first-order valence-corrected chi connectivity index (χ1v) is 8.29. The molecule has 4 atom stereocenters. The quantitative estimate of drug-likeness (QED) is 0.826. The van der Waals surface area contributed by atoms with Gasteiger partial charge in [-0.3, -0.25) is 0 Å². The van der Waals surface area contributed by atoms with Crippen LogP contribution in [-0.4, -0.2) is 6.54 Å². The molecule has 3 heteroatoms. The highest BCUT2D eigenvalue weighted by Gasteiger charge is 2.43. The van der Waals surface area contributed by atoms with Gasteiger partial charge in [0.1, 0.15) is 11.6 Å². The molecule has 0 aromatic heterocycles. The second kappa shape index (κ2) is 6.04. The number of fused-ring (bicyclic) bond motifs is 2. The number of nitrogens with one attached hydrogen (secondary N) is 1. The standard InChI is InChI=1S/C18H25F2N/c1-3-6-21-18(14-9-12-4-5-13(14)8-12)15-7-11(2)16(19)10-17(15)20/h7,10,12-14,18,21H,3-6,8-9H2,1-2H3. The lowest BCUT2D eigenvalue weighted by Gasteiger charge is -2.32. The highest BCUT2D eigenvalue weighted by atomic mass is 19.1. The van der Waals surface area contributed by atoms with Crippen LogP contribution in [0.5, 0.6) is 0 Å². The third kappa shape index (κ3) is 2.85. The van der Waals surface area contributed by atoms with Crippen LogP contribution in [0.15, 0.2) is 12.1 Å². The molecule has 2 saturated carbocycles. The molecule has 2 bridgehead atoms. The Morgan fingerprint density at radius 2 is 2.00 bits per heavy atom. The van der Waals surface area contributed by atoms with Gasteiger partial charge in [-0.05, 0) is 68.5 Å². The van der Waals surface area contributed by atoms with Crippen LogP contribution < -0.4 is 5.32 Å². The minimum absolute atomic E-state index is 0.0412. The fourth-order valence-electron chi connectivity index (χ4n) is 4.41. The Bertz CT molecular complexity index is 514. The fourth-order valence-corrected chi connectivity index (χ4v) is 4.41. The molecule has 0 amide bonds. The van der Waals surface area contributed by atoms with Crippen LogP contribution in [0.3, 0.4) is 0 Å². The Morgan fingerprint density at radius 3 is 2.62 bits per heavy atom. The maximum atomic E-state index is 14.3. The van der Waals surface area contributed by atoms with E-state index >= 15 is 0 Å². The molecule has 1 N–H and O–H groups in total. The van der Waals surface area contributed by atoms with Gasteiger partial charge in [0.15, 0.2) is 0 Å². The van der Waals surface area contributed by atoms with Crippen LogP contribution in [0.25, 0.3) is 0 Å². The Hall–Kier alpha value is -0.960. The van der Waals surface area contributed by atoms with E-state index in [0.29, 0.717) is 23.0 Å². The second-order valence-electron chi connectivity index (χ2n) is 6.89. The monoisotopic (exact) mass is 293 g/mol. The molecular weight excluding hydrogens is 268 g/mol. The first-order chi connectivity index (χ1) is 10.1. The average molecular weight is 293 g/mol. The van der Waals surface area contributed by atoms with E-state index in [2.05, 4.69) is 12.2 Å². The normalized spacial score (nSPS) is 29.0. The zero-order valence-electron chi connectivity index (χ0n) is 13.0. The Labute approximate surface area is 126 Å². The lowest BCUT2D eigenvalue weighted by atomic mass is 9.80. The number of hydrogen-bond donors (Lipinski definition) is 1. The number of aryl methyl sites for hydroxylation is 1. The molecule has 1 nitrogen and oxygen atoms in total. The van der Waals surface area contributed by atoms with E-state index in [0.717, 1.165) is 24.9 Å². The SMILES string of the molecule is CCCNC(c1cc(C)c(F)cc1F)C1CC2CCC1C2. The molecule has 0 aliphatic heterocycles. The molecule has 3 rings (SSSR count). The summed E-state index contributed by atoms with van der Waals surface area (Å²) in [5, 5.41) is 3.54. The molecular formula is C18H25F2N. The summed E-state index contributed by atoms with van der Waals surface area (Å²) in [5.41, 5.74) is 1.21. The molecule has 116 valence electrons. The molecule has 2 aliphatic rings. The van der Waals surface area contributed by atoms with Crippen LogP contribution in [0.4, 0.5) is 8.78 Å². The van der Waals surface area contributed by atoms with Crippen molar-refractivity contribution < 1.29 is 8.78 Å². The van der Waals surface area contributed by atoms with Crippen molar-refractivity contribution in [1.82, 2.24) is 5.32 Å². The van der Waals surface area contributed by atoms with Crippen LogP contribution in [0.2, 0.25) is 0 Å². The summed E-state index contributed by atoms with van der Waals surface area (Å²) >= 11 is 0. The van der Waals surface area contributed by atoms with E-state index in [-0.39, 0.29) is 6.04 Å². The number of benzene rings is 1. The number of rotatable bonds is 5. The lowest BCUT2D eigenvalue weighted by molar-refractivity contribution is 0.246. The molecule has 21 heavy (non-hydrogen) atoms. The molecule has 2 aliphatic carbocycles. The molecule has 0 radical (unpaired) electrons. The van der Waals surface area contributed by atoms with E-state index in [9.17, 15) is 8.78 Å². The predicted molar refractivity (Wildman–Crippen MR) is 81.1 cm³/mol. The van der Waals surface area contributed by atoms with Crippen LogP contribution in [-0.2, 0) is 0 Å². The van der Waals surface area contributed by atoms with Gasteiger partial charge in [-0.15, -0.1) is 0 Å². The van der Waals surface area contributed by atoms with Gasteiger partial charge >= 0.3 is 0 Å². The van der Waals surface area contributed by atoms with Crippen LogP contribution in [0, 0.1) is 36.3 Å². The van der Waals surface area contributed by atoms with E-state index in [1.807, 2.05) is 0 Å². The number of hydrogen-bond acceptors (Lipinski definition) is 1. The van der Waals surface area contributed by atoms with Gasteiger partial charge in [-0.25, -0.2) is 8.78 Å². The molecule has 2 fully saturated rings. The summed E-state index contributed by atoms with van der Waals surface area (Å²) < 4.78 is 27.9. The first-order valence-electron chi connectivity index (χ1n) is 8.29. The maximum Gasteiger partial charge on any atom is 0.130 e. The largest absolute Gasteiger partial charge is 0.310 e. The van der Waals surface area contributed by atoms with Crippen molar-refractivity contribution >= 4 is 0 Å². The first kappa shape index (κ1) is 15.0. The van der Waals surface area contributed by atoms with Crippen molar-refractivity contribution in [1.29, 1.82) is 0 Å². The van der Waals surface area contributed by atoms with Crippen molar-refractivity contribution in [3.8, 4) is 0 Å². The molecule has 0 heterocycles. The number of halogens is 2. The average Bonchev–Trinajstić information content (AvgIpc) is 3.07. The minimum Gasteiger partial charge on any atom is -0.310 e. The second-order valence-corrected chi connectivity index (χ2v) is 6.89. The summed E-state index contributed by atoms with van der Waals surface area (Å²) in [5.74, 6) is 1.22. The third-order valence-corrected chi connectivity index (χ3v) is 5.45. The molecule has 1 aromatic rings. The lowest BCUT2D eigenvalue weighted by Crippen LogP contribution is -2.32. The van der Waals surface area contributed by atoms with E-state index in [1.54, 1.807) is 13.0 Å². The molecule has 4 unspecified atom stereocenters. The molecule has 0 spiro atoms. The predicted octanol–water partition coefficient (Wildman–Crippen LogP) is 4.75. The van der Waals surface area contributed by atoms with Crippen molar-refractivity contribution in [2.45, 2.75) is 52.0 Å². The van der Waals surface area contributed by atoms with Gasteiger partial charge in [0.25, 0.3) is 0 Å². The fraction of sp³-hybridized carbons (Fsp3) is 0.667. The zero-order chi connectivity index (χ0) is 15.0. The van der Waals surface area contributed by atoms with E-state index in [1.165, 1.54) is 25.7 Å². The van der Waals surface area contributed by atoms with E-state index < -0.39 is 11.6 Å². The summed E-state index contributed by atoms with van der Waals surface area (Å²) in [6, 6.07) is 2.81. The molecule has 0 saturated heterocycles. The summed E-state index contributed by atoms with van der Waals surface area (Å²) in [6.07, 6.45) is 6.14. The van der Waals surface area contributed by atoms with Gasteiger partial charge < -0.3 is 5.32 Å². The Balaban J connectivity index is 1.90. The highest BCUT2D eigenvalue weighted by Crippen LogP contribution is 2.52. The van der Waals surface area contributed by atoms with Gasteiger partial charge in [-0.1, -0.05) is 13.3 Å². The Kier molecular flexibility index (Phi) is 4.30. The smallest absolute Gasteiger partial charge is 0.130 e. The van der Waals surface area contributed by atoms with Crippen LogP contribution in [0.1, 0.15) is 56.2 Å². The topological polar surface area (TPSA) is 12.0 Å². The van der Waals surface area contributed by atoms with Crippen molar-refractivity contribution in [3.05, 3.63) is 34.9 Å². The minimum atomic E-state index is -0.446. The van der Waals surface area contributed by atoms with Crippen LogP contribution >= 0.6 is 0 Å². The maximum absolute atomic E-state index is 14.3. The van der Waals surface area contributed by atoms with Crippen molar-refractivity contribution in [2.24, 2.45) is 17.8 Å². The van der Waals surface area contributed by atoms with Crippen molar-refractivity contribution in [2.75, 3.05) is 6.54 Å².